The van der Waals surface area contributed by atoms with E-state index in [2.05, 4.69) is 25.4 Å². The van der Waals surface area contributed by atoms with E-state index in [9.17, 15) is 0 Å². The van der Waals surface area contributed by atoms with Crippen molar-refractivity contribution in [1.29, 1.82) is 0 Å². The van der Waals surface area contributed by atoms with Gasteiger partial charge in [-0.15, -0.1) is 0 Å². The van der Waals surface area contributed by atoms with Crippen LogP contribution in [0.5, 0.6) is 0 Å². The SMILES string of the molecule is Cc1noc(C(Nc2ncc(Cl)cn2)C2CCOCC2)n1. The fraction of sp³-hybridized carbons (Fsp3) is 0.538. The zero-order valence-electron chi connectivity index (χ0n) is 11.6. The first-order valence-corrected chi connectivity index (χ1v) is 7.22. The maximum Gasteiger partial charge on any atom is 0.249 e. The van der Waals surface area contributed by atoms with Crippen LogP contribution < -0.4 is 5.32 Å². The summed E-state index contributed by atoms with van der Waals surface area (Å²) in [7, 11) is 0. The molecule has 1 saturated heterocycles. The summed E-state index contributed by atoms with van der Waals surface area (Å²) >= 11 is 5.81. The van der Waals surface area contributed by atoms with Gasteiger partial charge in [0.05, 0.1) is 17.4 Å². The van der Waals surface area contributed by atoms with E-state index >= 15 is 0 Å². The summed E-state index contributed by atoms with van der Waals surface area (Å²) in [4.78, 5) is 12.7. The second kappa shape index (κ2) is 6.36. The first-order chi connectivity index (χ1) is 10.2. The molecule has 0 bridgehead atoms. The zero-order valence-corrected chi connectivity index (χ0v) is 12.4. The van der Waals surface area contributed by atoms with Crippen LogP contribution in [0.25, 0.3) is 0 Å². The Bertz CT molecular complexity index is 583. The molecule has 1 aliphatic rings. The van der Waals surface area contributed by atoms with Crippen LogP contribution in [-0.2, 0) is 4.74 Å². The molecule has 2 aromatic heterocycles. The number of anilines is 1. The van der Waals surface area contributed by atoms with Crippen LogP contribution in [0, 0.1) is 12.8 Å². The summed E-state index contributed by atoms with van der Waals surface area (Å²) < 4.78 is 10.7. The maximum atomic E-state index is 5.81. The van der Waals surface area contributed by atoms with Gasteiger partial charge in [0, 0.05) is 13.2 Å². The molecule has 2 aromatic rings. The topological polar surface area (TPSA) is 86.0 Å². The molecule has 1 atom stereocenters. The summed E-state index contributed by atoms with van der Waals surface area (Å²) in [6.07, 6.45) is 4.95. The molecule has 0 spiro atoms. The van der Waals surface area contributed by atoms with Gasteiger partial charge in [0.2, 0.25) is 11.8 Å². The average Bonchev–Trinajstić information content (AvgIpc) is 2.94. The molecule has 0 saturated carbocycles. The van der Waals surface area contributed by atoms with Gasteiger partial charge in [-0.3, -0.25) is 0 Å². The molecule has 1 aliphatic heterocycles. The van der Waals surface area contributed by atoms with E-state index in [1.807, 2.05) is 0 Å². The van der Waals surface area contributed by atoms with Crippen LogP contribution >= 0.6 is 11.6 Å². The molecule has 21 heavy (non-hydrogen) atoms. The molecule has 3 rings (SSSR count). The zero-order chi connectivity index (χ0) is 14.7. The largest absolute Gasteiger partial charge is 0.381 e. The molecular weight excluding hydrogens is 294 g/mol. The quantitative estimate of drug-likeness (QED) is 0.928. The molecule has 1 unspecified atom stereocenters. The van der Waals surface area contributed by atoms with Crippen molar-refractivity contribution in [2.24, 2.45) is 5.92 Å². The molecule has 1 N–H and O–H groups in total. The van der Waals surface area contributed by atoms with Crippen LogP contribution in [0.15, 0.2) is 16.9 Å². The van der Waals surface area contributed by atoms with Gasteiger partial charge in [-0.1, -0.05) is 16.8 Å². The summed E-state index contributed by atoms with van der Waals surface area (Å²) in [6.45, 7) is 3.27. The highest BCUT2D eigenvalue weighted by Gasteiger charge is 2.30. The molecule has 1 fully saturated rings. The van der Waals surface area contributed by atoms with Crippen molar-refractivity contribution < 1.29 is 9.26 Å². The first-order valence-electron chi connectivity index (χ1n) is 6.84. The summed E-state index contributed by atoms with van der Waals surface area (Å²) in [5.41, 5.74) is 0. The lowest BCUT2D eigenvalue weighted by molar-refractivity contribution is 0.0570. The van der Waals surface area contributed by atoms with Crippen LogP contribution in [0.2, 0.25) is 5.02 Å². The van der Waals surface area contributed by atoms with E-state index in [-0.39, 0.29) is 6.04 Å². The molecule has 8 heteroatoms. The number of hydrogen-bond acceptors (Lipinski definition) is 7. The van der Waals surface area contributed by atoms with Gasteiger partial charge in [0.15, 0.2) is 5.82 Å². The van der Waals surface area contributed by atoms with Gasteiger partial charge in [-0.2, -0.15) is 4.98 Å². The van der Waals surface area contributed by atoms with E-state index in [0.717, 1.165) is 26.1 Å². The van der Waals surface area contributed by atoms with Gasteiger partial charge < -0.3 is 14.6 Å². The lowest BCUT2D eigenvalue weighted by Gasteiger charge is -2.28. The Kier molecular flexibility index (Phi) is 4.31. The normalized spacial score (nSPS) is 17.6. The van der Waals surface area contributed by atoms with Crippen molar-refractivity contribution in [2.75, 3.05) is 18.5 Å². The Morgan fingerprint density at radius 1 is 1.29 bits per heavy atom. The van der Waals surface area contributed by atoms with Gasteiger partial charge >= 0.3 is 0 Å². The third-order valence-corrected chi connectivity index (χ3v) is 3.65. The number of rotatable bonds is 4. The molecule has 3 heterocycles. The number of aromatic nitrogens is 4. The highest BCUT2D eigenvalue weighted by Crippen LogP contribution is 2.31. The summed E-state index contributed by atoms with van der Waals surface area (Å²) in [5.74, 6) is 1.99. The predicted octanol–water partition coefficient (Wildman–Crippen LogP) is 2.40. The third kappa shape index (κ3) is 3.48. The lowest BCUT2D eigenvalue weighted by atomic mass is 9.91. The summed E-state index contributed by atoms with van der Waals surface area (Å²) in [5, 5.41) is 7.64. The maximum absolute atomic E-state index is 5.81. The Hall–Kier alpha value is -1.73. The standard InChI is InChI=1S/C13H16ClN5O2/c1-8-17-12(21-19-8)11(9-2-4-20-5-3-9)18-13-15-6-10(14)7-16-13/h6-7,9,11H,2-5H2,1H3,(H,15,16,18). The second-order valence-corrected chi connectivity index (χ2v) is 5.41. The van der Waals surface area contributed by atoms with Crippen molar-refractivity contribution in [1.82, 2.24) is 20.1 Å². The van der Waals surface area contributed by atoms with Crippen LogP contribution in [0.4, 0.5) is 5.95 Å². The van der Waals surface area contributed by atoms with Crippen LogP contribution in [-0.4, -0.2) is 33.3 Å². The van der Waals surface area contributed by atoms with Crippen molar-refractivity contribution in [2.45, 2.75) is 25.8 Å². The number of aryl methyl sites for hydroxylation is 1. The molecular formula is C13H16ClN5O2. The average molecular weight is 310 g/mol. The molecule has 0 amide bonds. The Morgan fingerprint density at radius 2 is 2.00 bits per heavy atom. The number of nitrogens with one attached hydrogen (secondary N) is 1. The van der Waals surface area contributed by atoms with Gasteiger partial charge in [0.1, 0.15) is 6.04 Å². The minimum Gasteiger partial charge on any atom is -0.381 e. The monoisotopic (exact) mass is 309 g/mol. The number of hydrogen-bond donors (Lipinski definition) is 1. The van der Waals surface area contributed by atoms with Gasteiger partial charge in [0.25, 0.3) is 0 Å². The van der Waals surface area contributed by atoms with Crippen molar-refractivity contribution in [3.63, 3.8) is 0 Å². The number of ether oxygens (including phenoxy) is 1. The molecule has 0 aliphatic carbocycles. The fourth-order valence-electron chi connectivity index (χ4n) is 2.40. The summed E-state index contributed by atoms with van der Waals surface area (Å²) in [6, 6.07) is -0.128. The number of nitrogens with zero attached hydrogens (tertiary/aromatic N) is 4. The Balaban J connectivity index is 1.82. The van der Waals surface area contributed by atoms with E-state index in [1.54, 1.807) is 19.3 Å². The molecule has 0 aromatic carbocycles. The molecule has 112 valence electrons. The predicted molar refractivity (Wildman–Crippen MR) is 76.0 cm³/mol. The second-order valence-electron chi connectivity index (χ2n) is 4.98. The third-order valence-electron chi connectivity index (χ3n) is 3.45. The van der Waals surface area contributed by atoms with Gasteiger partial charge in [-0.05, 0) is 25.7 Å². The van der Waals surface area contributed by atoms with E-state index < -0.39 is 0 Å². The first kappa shape index (κ1) is 14.2. The fourth-order valence-corrected chi connectivity index (χ4v) is 2.49. The Labute approximate surface area is 127 Å². The highest BCUT2D eigenvalue weighted by atomic mass is 35.5. The van der Waals surface area contributed by atoms with Crippen LogP contribution in [0.3, 0.4) is 0 Å². The highest BCUT2D eigenvalue weighted by molar-refractivity contribution is 6.30. The van der Waals surface area contributed by atoms with Gasteiger partial charge in [-0.25, -0.2) is 9.97 Å². The lowest BCUT2D eigenvalue weighted by Crippen LogP contribution is -2.28. The Morgan fingerprint density at radius 3 is 2.62 bits per heavy atom. The molecule has 7 nitrogen and oxygen atoms in total. The minimum atomic E-state index is -0.128. The van der Waals surface area contributed by atoms with Crippen LogP contribution in [0.1, 0.15) is 30.6 Å². The van der Waals surface area contributed by atoms with E-state index in [0.29, 0.717) is 28.6 Å². The molecule has 0 radical (unpaired) electrons. The minimum absolute atomic E-state index is 0.128. The van der Waals surface area contributed by atoms with Crippen molar-refractivity contribution in [3.05, 3.63) is 29.1 Å². The van der Waals surface area contributed by atoms with Crippen molar-refractivity contribution >= 4 is 17.5 Å². The smallest absolute Gasteiger partial charge is 0.249 e. The number of halogens is 1. The van der Waals surface area contributed by atoms with E-state index in [4.69, 9.17) is 20.9 Å². The van der Waals surface area contributed by atoms with Crippen molar-refractivity contribution in [3.8, 4) is 0 Å². The van der Waals surface area contributed by atoms with E-state index in [1.165, 1.54) is 0 Å².